The van der Waals surface area contributed by atoms with Crippen LogP contribution in [0.5, 0.6) is 17.2 Å². The second kappa shape index (κ2) is 6.13. The molecule has 0 saturated carbocycles. The van der Waals surface area contributed by atoms with Crippen molar-refractivity contribution in [1.82, 2.24) is 0 Å². The summed E-state index contributed by atoms with van der Waals surface area (Å²) in [7, 11) is 0. The van der Waals surface area contributed by atoms with E-state index in [0.717, 1.165) is 27.3 Å². The number of fused-ring (bicyclic) bond motifs is 3. The second-order valence-electron chi connectivity index (χ2n) is 5.49. The van der Waals surface area contributed by atoms with Crippen molar-refractivity contribution in [2.75, 3.05) is 6.79 Å². The maximum Gasteiger partial charge on any atom is 0.231 e. The van der Waals surface area contributed by atoms with Crippen molar-refractivity contribution in [3.05, 3.63) is 78.9 Å². The zero-order chi connectivity index (χ0) is 16.4. The van der Waals surface area contributed by atoms with Gasteiger partial charge >= 0.3 is 0 Å². The zero-order valence-corrected chi connectivity index (χ0v) is 13.0. The Bertz CT molecular complexity index is 994. The molecule has 0 aliphatic heterocycles. The molecule has 4 aromatic carbocycles. The first kappa shape index (κ1) is 14.4. The third kappa shape index (κ3) is 2.50. The van der Waals surface area contributed by atoms with Crippen LogP contribution in [0.15, 0.2) is 78.9 Å². The lowest BCUT2D eigenvalue weighted by Crippen LogP contribution is -2.06. The minimum Gasteiger partial charge on any atom is -0.504 e. The highest BCUT2D eigenvalue weighted by atomic mass is 16.7. The summed E-state index contributed by atoms with van der Waals surface area (Å²) in [6, 6.07) is 25.1. The lowest BCUT2D eigenvalue weighted by molar-refractivity contribution is 0.118. The Kier molecular flexibility index (Phi) is 3.67. The third-order valence-electron chi connectivity index (χ3n) is 4.03. The van der Waals surface area contributed by atoms with E-state index in [4.69, 9.17) is 9.47 Å². The smallest absolute Gasteiger partial charge is 0.231 e. The van der Waals surface area contributed by atoms with Crippen LogP contribution in [-0.4, -0.2) is 11.9 Å². The van der Waals surface area contributed by atoms with Crippen LogP contribution in [0, 0.1) is 0 Å². The number of hydrogen-bond donors (Lipinski definition) is 1. The van der Waals surface area contributed by atoms with Crippen molar-refractivity contribution in [3.63, 3.8) is 0 Å². The number of para-hydroxylation sites is 1. The maximum atomic E-state index is 10.7. The molecule has 118 valence electrons. The first-order chi connectivity index (χ1) is 11.8. The lowest BCUT2D eigenvalue weighted by Gasteiger charge is -2.15. The summed E-state index contributed by atoms with van der Waals surface area (Å²) in [4.78, 5) is 0. The number of rotatable bonds is 4. The molecule has 0 amide bonds. The Morgan fingerprint density at radius 1 is 0.583 bits per heavy atom. The summed E-state index contributed by atoms with van der Waals surface area (Å²) in [5, 5.41) is 14.3. The van der Waals surface area contributed by atoms with Crippen LogP contribution in [0.25, 0.3) is 21.5 Å². The van der Waals surface area contributed by atoms with Gasteiger partial charge in [-0.05, 0) is 22.9 Å². The quantitative estimate of drug-likeness (QED) is 0.420. The van der Waals surface area contributed by atoms with Crippen LogP contribution in [-0.2, 0) is 0 Å². The van der Waals surface area contributed by atoms with Crippen molar-refractivity contribution in [1.29, 1.82) is 0 Å². The highest BCUT2D eigenvalue weighted by Gasteiger charge is 2.14. The van der Waals surface area contributed by atoms with Crippen LogP contribution in [0.1, 0.15) is 0 Å². The van der Waals surface area contributed by atoms with Gasteiger partial charge in [-0.15, -0.1) is 0 Å². The molecule has 3 heteroatoms. The minimum atomic E-state index is 0.0277. The minimum absolute atomic E-state index is 0.0277. The molecule has 0 fully saturated rings. The van der Waals surface area contributed by atoms with Gasteiger partial charge in [-0.3, -0.25) is 0 Å². The van der Waals surface area contributed by atoms with Gasteiger partial charge in [-0.25, -0.2) is 0 Å². The molecular formula is C21H16O3. The standard InChI is InChI=1S/C21H16O3/c22-20-18-12-6-4-10-16(18)17-11-5-7-13-19(17)21(20)24-14-23-15-8-2-1-3-9-15/h1-13,22H,14H2. The number of phenols is 1. The van der Waals surface area contributed by atoms with Crippen molar-refractivity contribution in [2.24, 2.45) is 0 Å². The Labute approximate surface area is 139 Å². The molecule has 1 N–H and O–H groups in total. The SMILES string of the molecule is Oc1c(OCOc2ccccc2)c2ccccc2c2ccccc12. The topological polar surface area (TPSA) is 38.7 Å². The Balaban J connectivity index is 1.74. The van der Waals surface area contributed by atoms with Crippen molar-refractivity contribution in [3.8, 4) is 17.2 Å². The Morgan fingerprint density at radius 2 is 1.12 bits per heavy atom. The molecule has 0 aliphatic rings. The van der Waals surface area contributed by atoms with Crippen molar-refractivity contribution < 1.29 is 14.6 Å². The largest absolute Gasteiger partial charge is 0.504 e. The lowest BCUT2D eigenvalue weighted by atomic mass is 10.00. The average molecular weight is 316 g/mol. The van der Waals surface area contributed by atoms with E-state index in [9.17, 15) is 5.11 Å². The Morgan fingerprint density at radius 3 is 1.83 bits per heavy atom. The fraction of sp³-hybridized carbons (Fsp3) is 0.0476. The first-order valence-corrected chi connectivity index (χ1v) is 7.77. The molecule has 3 nitrogen and oxygen atoms in total. The molecule has 0 bridgehead atoms. The van der Waals surface area contributed by atoms with Crippen molar-refractivity contribution >= 4 is 21.5 Å². The molecule has 0 aromatic heterocycles. The van der Waals surface area contributed by atoms with Gasteiger partial charge in [0.15, 0.2) is 11.5 Å². The molecule has 0 aliphatic carbocycles. The monoisotopic (exact) mass is 316 g/mol. The fourth-order valence-electron chi connectivity index (χ4n) is 2.91. The summed E-state index contributed by atoms with van der Waals surface area (Å²) in [6.45, 7) is 0.0277. The first-order valence-electron chi connectivity index (χ1n) is 7.77. The highest BCUT2D eigenvalue weighted by molar-refractivity contribution is 6.13. The Hall–Kier alpha value is -3.20. The number of phenolic OH excluding ortho intramolecular Hbond substituents is 1. The fourth-order valence-corrected chi connectivity index (χ4v) is 2.91. The maximum absolute atomic E-state index is 10.7. The second-order valence-corrected chi connectivity index (χ2v) is 5.49. The molecule has 4 rings (SSSR count). The summed E-state index contributed by atoms with van der Waals surface area (Å²) in [5.41, 5.74) is 0. The summed E-state index contributed by atoms with van der Waals surface area (Å²) < 4.78 is 11.4. The van der Waals surface area contributed by atoms with Gasteiger partial charge in [0.25, 0.3) is 0 Å². The van der Waals surface area contributed by atoms with Crippen molar-refractivity contribution in [2.45, 2.75) is 0 Å². The average Bonchev–Trinajstić information content (AvgIpc) is 2.65. The number of benzene rings is 4. The van der Waals surface area contributed by atoms with Crippen LogP contribution < -0.4 is 9.47 Å². The van der Waals surface area contributed by atoms with Crippen LogP contribution in [0.3, 0.4) is 0 Å². The molecular weight excluding hydrogens is 300 g/mol. The number of aromatic hydroxyl groups is 1. The molecule has 0 spiro atoms. The molecule has 0 heterocycles. The van der Waals surface area contributed by atoms with Gasteiger partial charge in [0.2, 0.25) is 6.79 Å². The van der Waals surface area contributed by atoms with E-state index in [-0.39, 0.29) is 12.5 Å². The molecule has 4 aromatic rings. The van der Waals surface area contributed by atoms with Crippen LogP contribution >= 0.6 is 0 Å². The third-order valence-corrected chi connectivity index (χ3v) is 4.03. The highest BCUT2D eigenvalue weighted by Crippen LogP contribution is 2.42. The molecule has 0 atom stereocenters. The predicted octanol–water partition coefficient (Wildman–Crippen LogP) is 5.11. The molecule has 0 unspecified atom stereocenters. The van der Waals surface area contributed by atoms with E-state index in [0.29, 0.717) is 5.75 Å². The molecule has 0 radical (unpaired) electrons. The van der Waals surface area contributed by atoms with Gasteiger partial charge in [-0.2, -0.15) is 0 Å². The van der Waals surface area contributed by atoms with Crippen LogP contribution in [0.2, 0.25) is 0 Å². The number of ether oxygens (including phenoxy) is 2. The van der Waals surface area contributed by atoms with Gasteiger partial charge < -0.3 is 14.6 Å². The molecule has 24 heavy (non-hydrogen) atoms. The van der Waals surface area contributed by atoms with Gasteiger partial charge in [0.1, 0.15) is 5.75 Å². The summed E-state index contributed by atoms with van der Waals surface area (Å²) in [5.74, 6) is 1.31. The number of hydrogen-bond acceptors (Lipinski definition) is 3. The van der Waals surface area contributed by atoms with E-state index in [1.165, 1.54) is 0 Å². The zero-order valence-electron chi connectivity index (χ0n) is 13.0. The predicted molar refractivity (Wildman–Crippen MR) is 95.7 cm³/mol. The van der Waals surface area contributed by atoms with E-state index < -0.39 is 0 Å². The van der Waals surface area contributed by atoms with E-state index in [1.54, 1.807) is 0 Å². The summed E-state index contributed by atoms with van der Waals surface area (Å²) >= 11 is 0. The molecule has 0 saturated heterocycles. The van der Waals surface area contributed by atoms with Gasteiger partial charge in [0, 0.05) is 10.8 Å². The van der Waals surface area contributed by atoms with Crippen LogP contribution in [0.4, 0.5) is 0 Å². The normalized spacial score (nSPS) is 10.8. The summed E-state index contributed by atoms with van der Waals surface area (Å²) in [6.07, 6.45) is 0. The van der Waals surface area contributed by atoms with E-state index >= 15 is 0 Å². The van der Waals surface area contributed by atoms with Gasteiger partial charge in [-0.1, -0.05) is 66.7 Å². The van der Waals surface area contributed by atoms with E-state index in [2.05, 4.69) is 0 Å². The van der Waals surface area contributed by atoms with Gasteiger partial charge in [0.05, 0.1) is 0 Å². The van der Waals surface area contributed by atoms with E-state index in [1.807, 2.05) is 78.9 Å².